The van der Waals surface area contributed by atoms with Crippen LogP contribution in [0.4, 0.5) is 0 Å². The highest BCUT2D eigenvalue weighted by Gasteiger charge is 1.95. The molecule has 0 aliphatic rings. The average molecular weight is 214 g/mol. The third-order valence-electron chi connectivity index (χ3n) is 2.30. The van der Waals surface area contributed by atoms with Crippen LogP contribution < -0.4 is 0 Å². The Bertz CT molecular complexity index is 437. The molecular weight excluding hydrogens is 196 g/mol. The molecule has 1 N–H and O–H groups in total. The lowest BCUT2D eigenvalue weighted by atomic mass is 10.1. The summed E-state index contributed by atoms with van der Waals surface area (Å²) in [6, 6.07) is 6.17. The number of rotatable bonds is 3. The Balaban J connectivity index is 2.89. The van der Waals surface area contributed by atoms with E-state index < -0.39 is 0 Å². The molecule has 0 fully saturated rings. The van der Waals surface area contributed by atoms with Gasteiger partial charge in [0.25, 0.3) is 0 Å². The average Bonchev–Trinajstić information content (AvgIpc) is 2.23. The Morgan fingerprint density at radius 1 is 1.19 bits per heavy atom. The topological polar surface area (TPSA) is 20.2 Å². The zero-order chi connectivity index (χ0) is 12.0. The quantitative estimate of drug-likeness (QED) is 0.586. The van der Waals surface area contributed by atoms with Crippen LogP contribution in [0.1, 0.15) is 23.6 Å². The molecule has 0 heterocycles. The molecule has 0 aromatic heterocycles. The van der Waals surface area contributed by atoms with Gasteiger partial charge in [-0.2, -0.15) is 0 Å². The van der Waals surface area contributed by atoms with Crippen LogP contribution in [-0.4, -0.2) is 5.11 Å². The molecule has 1 aromatic carbocycles. The monoisotopic (exact) mass is 214 g/mol. The molecule has 0 atom stereocenters. The molecule has 0 saturated heterocycles. The molecule has 0 aliphatic carbocycles. The van der Waals surface area contributed by atoms with Gasteiger partial charge in [0.15, 0.2) is 0 Å². The minimum Gasteiger partial charge on any atom is -0.508 e. The first-order valence-corrected chi connectivity index (χ1v) is 5.41. The van der Waals surface area contributed by atoms with Crippen LogP contribution in [0.3, 0.4) is 0 Å². The second-order valence-electron chi connectivity index (χ2n) is 3.81. The third kappa shape index (κ3) is 3.77. The molecule has 0 saturated carbocycles. The lowest BCUT2D eigenvalue weighted by molar-refractivity contribution is 0.437. The van der Waals surface area contributed by atoms with Gasteiger partial charge < -0.3 is 5.11 Å². The van der Waals surface area contributed by atoms with Crippen LogP contribution in [0.5, 0.6) is 0 Å². The van der Waals surface area contributed by atoms with Crippen molar-refractivity contribution in [1.82, 2.24) is 0 Å². The highest BCUT2D eigenvalue weighted by atomic mass is 16.3. The van der Waals surface area contributed by atoms with E-state index in [4.69, 9.17) is 0 Å². The summed E-state index contributed by atoms with van der Waals surface area (Å²) in [5.74, 6) is 0.269. The fourth-order valence-corrected chi connectivity index (χ4v) is 1.46. The van der Waals surface area contributed by atoms with Crippen LogP contribution in [0.2, 0.25) is 0 Å². The smallest absolute Gasteiger partial charge is 0.116 e. The van der Waals surface area contributed by atoms with Crippen LogP contribution in [0.25, 0.3) is 6.08 Å². The Labute approximate surface area is 97.4 Å². The third-order valence-corrected chi connectivity index (χ3v) is 2.30. The zero-order valence-corrected chi connectivity index (χ0v) is 10.1. The van der Waals surface area contributed by atoms with E-state index in [-0.39, 0.29) is 5.76 Å². The number of aliphatic hydroxyl groups is 1. The van der Waals surface area contributed by atoms with Crippen molar-refractivity contribution in [2.45, 2.75) is 20.8 Å². The number of aliphatic hydroxyl groups excluding tert-OH is 1. The summed E-state index contributed by atoms with van der Waals surface area (Å²) in [6.45, 7) is 6.04. The molecule has 0 radical (unpaired) electrons. The highest BCUT2D eigenvalue weighted by Crippen LogP contribution is 2.13. The maximum absolute atomic E-state index is 9.66. The van der Waals surface area contributed by atoms with Crippen LogP contribution in [0, 0.1) is 13.8 Å². The second kappa shape index (κ2) is 5.96. The van der Waals surface area contributed by atoms with Crippen LogP contribution in [-0.2, 0) is 0 Å². The Morgan fingerprint density at radius 2 is 1.94 bits per heavy atom. The van der Waals surface area contributed by atoms with Crippen molar-refractivity contribution in [3.63, 3.8) is 0 Å². The molecule has 16 heavy (non-hydrogen) atoms. The highest BCUT2D eigenvalue weighted by molar-refractivity contribution is 5.57. The van der Waals surface area contributed by atoms with E-state index in [1.54, 1.807) is 12.2 Å². The molecule has 0 spiro atoms. The van der Waals surface area contributed by atoms with Gasteiger partial charge in [0.1, 0.15) is 5.76 Å². The predicted octanol–water partition coefficient (Wildman–Crippen LogP) is 4.33. The fourth-order valence-electron chi connectivity index (χ4n) is 1.46. The first-order chi connectivity index (χ1) is 7.63. The van der Waals surface area contributed by atoms with Crippen LogP contribution in [0.15, 0.2) is 48.3 Å². The van der Waals surface area contributed by atoms with Crippen molar-refractivity contribution in [3.8, 4) is 0 Å². The van der Waals surface area contributed by atoms with E-state index in [1.165, 1.54) is 11.1 Å². The first-order valence-electron chi connectivity index (χ1n) is 5.41. The van der Waals surface area contributed by atoms with Crippen molar-refractivity contribution in [1.29, 1.82) is 0 Å². The van der Waals surface area contributed by atoms with E-state index in [1.807, 2.05) is 44.2 Å². The SMILES string of the molecule is CC=CC=CC(O)=Cc1ccc(C)cc1C. The molecule has 0 amide bonds. The largest absolute Gasteiger partial charge is 0.508 e. The number of benzene rings is 1. The summed E-state index contributed by atoms with van der Waals surface area (Å²) < 4.78 is 0. The normalized spacial score (nSPS) is 12.8. The predicted molar refractivity (Wildman–Crippen MR) is 70.5 cm³/mol. The summed E-state index contributed by atoms with van der Waals surface area (Å²) in [4.78, 5) is 0. The van der Waals surface area contributed by atoms with E-state index >= 15 is 0 Å². The molecule has 0 aliphatic heterocycles. The summed E-state index contributed by atoms with van der Waals surface area (Å²) in [5.41, 5.74) is 3.46. The zero-order valence-electron chi connectivity index (χ0n) is 10.1. The summed E-state index contributed by atoms with van der Waals surface area (Å²) in [7, 11) is 0. The van der Waals surface area contributed by atoms with Gasteiger partial charge >= 0.3 is 0 Å². The molecule has 1 aromatic rings. The van der Waals surface area contributed by atoms with E-state index in [2.05, 4.69) is 13.0 Å². The van der Waals surface area contributed by atoms with Crippen molar-refractivity contribution in [3.05, 3.63) is 65.0 Å². The summed E-state index contributed by atoms with van der Waals surface area (Å²) in [6.07, 6.45) is 9.07. The summed E-state index contributed by atoms with van der Waals surface area (Å²) in [5, 5.41) is 9.66. The van der Waals surface area contributed by atoms with Gasteiger partial charge in [-0.05, 0) is 44.1 Å². The van der Waals surface area contributed by atoms with E-state index in [0.29, 0.717) is 0 Å². The van der Waals surface area contributed by atoms with Gasteiger partial charge in [0, 0.05) is 0 Å². The van der Waals surface area contributed by atoms with Gasteiger partial charge in [0.2, 0.25) is 0 Å². The summed E-state index contributed by atoms with van der Waals surface area (Å²) >= 11 is 0. The van der Waals surface area contributed by atoms with Crippen LogP contribution >= 0.6 is 0 Å². The van der Waals surface area contributed by atoms with Gasteiger partial charge in [-0.1, -0.05) is 42.0 Å². The Morgan fingerprint density at radius 3 is 2.56 bits per heavy atom. The molecule has 1 nitrogen and oxygen atoms in total. The lowest BCUT2D eigenvalue weighted by Gasteiger charge is -2.02. The number of hydrogen-bond acceptors (Lipinski definition) is 1. The molecule has 84 valence electrons. The van der Waals surface area contributed by atoms with Gasteiger partial charge in [-0.15, -0.1) is 0 Å². The van der Waals surface area contributed by atoms with Gasteiger partial charge in [0.05, 0.1) is 0 Å². The van der Waals surface area contributed by atoms with Crippen molar-refractivity contribution in [2.24, 2.45) is 0 Å². The first kappa shape index (κ1) is 12.3. The molecule has 0 unspecified atom stereocenters. The minimum absolute atomic E-state index is 0.269. The molecule has 1 rings (SSSR count). The van der Waals surface area contributed by atoms with E-state index in [0.717, 1.165) is 5.56 Å². The maximum Gasteiger partial charge on any atom is 0.116 e. The van der Waals surface area contributed by atoms with Crippen molar-refractivity contribution < 1.29 is 5.11 Å². The Kier molecular flexibility index (Phi) is 4.59. The number of aryl methyl sites for hydroxylation is 2. The molecule has 1 heteroatoms. The maximum atomic E-state index is 9.66. The number of allylic oxidation sites excluding steroid dienone is 4. The van der Waals surface area contributed by atoms with Crippen molar-refractivity contribution >= 4 is 6.08 Å². The minimum atomic E-state index is 0.269. The standard InChI is InChI=1S/C15H18O/c1-4-5-6-7-15(16)11-14-9-8-12(2)10-13(14)3/h4-11,16H,1-3H3. The second-order valence-corrected chi connectivity index (χ2v) is 3.81. The van der Waals surface area contributed by atoms with Crippen molar-refractivity contribution in [2.75, 3.05) is 0 Å². The lowest BCUT2D eigenvalue weighted by Crippen LogP contribution is -1.84. The van der Waals surface area contributed by atoms with E-state index in [9.17, 15) is 5.11 Å². The molecule has 0 bridgehead atoms. The molecular formula is C15H18O. The Hall–Kier alpha value is -1.76. The van der Waals surface area contributed by atoms with Gasteiger partial charge in [-0.3, -0.25) is 0 Å². The fraction of sp³-hybridized carbons (Fsp3) is 0.200. The van der Waals surface area contributed by atoms with Gasteiger partial charge in [-0.25, -0.2) is 0 Å². The number of hydrogen-bond donors (Lipinski definition) is 1.